The molecule has 2 aromatic carbocycles. The predicted molar refractivity (Wildman–Crippen MR) is 112 cm³/mol. The number of nitrogens with zero attached hydrogens (tertiary/aromatic N) is 2. The summed E-state index contributed by atoms with van der Waals surface area (Å²) >= 11 is 0. The van der Waals surface area contributed by atoms with Gasteiger partial charge in [0.1, 0.15) is 5.69 Å². The van der Waals surface area contributed by atoms with Gasteiger partial charge >= 0.3 is 0 Å². The molecular formula is C23H23N2OP. The zero-order valence-electron chi connectivity index (χ0n) is 15.2. The van der Waals surface area contributed by atoms with Crippen molar-refractivity contribution in [1.82, 2.24) is 9.88 Å². The van der Waals surface area contributed by atoms with Crippen LogP contribution >= 0.6 is 7.92 Å². The van der Waals surface area contributed by atoms with Crippen molar-refractivity contribution < 1.29 is 4.79 Å². The van der Waals surface area contributed by atoms with Crippen molar-refractivity contribution in [1.29, 1.82) is 0 Å². The molecule has 2 heterocycles. The number of hydrogen-bond acceptors (Lipinski definition) is 2. The first-order valence-electron chi connectivity index (χ1n) is 9.42. The molecule has 0 aliphatic carbocycles. The average molecular weight is 374 g/mol. The van der Waals surface area contributed by atoms with Crippen LogP contribution in [0.3, 0.4) is 0 Å². The Balaban J connectivity index is 1.60. The molecule has 0 N–H and O–H groups in total. The normalized spacial score (nSPS) is 16.6. The van der Waals surface area contributed by atoms with Crippen LogP contribution in [0, 0.1) is 0 Å². The summed E-state index contributed by atoms with van der Waals surface area (Å²) in [6, 6.07) is 27.3. The first-order valence-corrected chi connectivity index (χ1v) is 11.0. The maximum Gasteiger partial charge on any atom is 0.272 e. The molecule has 3 nitrogen and oxygen atoms in total. The van der Waals surface area contributed by atoms with E-state index in [0.717, 1.165) is 25.5 Å². The third-order valence-electron chi connectivity index (χ3n) is 5.05. The minimum Gasteiger partial charge on any atom is -0.334 e. The van der Waals surface area contributed by atoms with E-state index in [1.807, 2.05) is 23.1 Å². The van der Waals surface area contributed by atoms with Crippen LogP contribution in [0.2, 0.25) is 0 Å². The van der Waals surface area contributed by atoms with E-state index in [4.69, 9.17) is 0 Å². The van der Waals surface area contributed by atoms with Gasteiger partial charge in [-0.05, 0) is 49.7 Å². The molecule has 0 unspecified atom stereocenters. The molecule has 0 saturated carbocycles. The summed E-state index contributed by atoms with van der Waals surface area (Å²) in [4.78, 5) is 19.3. The van der Waals surface area contributed by atoms with Crippen molar-refractivity contribution in [3.63, 3.8) is 0 Å². The third kappa shape index (κ3) is 4.09. The van der Waals surface area contributed by atoms with Crippen LogP contribution < -0.4 is 10.6 Å². The van der Waals surface area contributed by atoms with E-state index in [1.165, 1.54) is 10.6 Å². The fourth-order valence-corrected chi connectivity index (χ4v) is 6.30. The fraction of sp³-hybridized carbons (Fsp3) is 0.217. The van der Waals surface area contributed by atoms with Crippen LogP contribution in [0.25, 0.3) is 0 Å². The molecule has 4 rings (SSSR count). The van der Waals surface area contributed by atoms with Crippen molar-refractivity contribution in [3.05, 3.63) is 90.8 Å². The van der Waals surface area contributed by atoms with Crippen molar-refractivity contribution in [2.24, 2.45) is 0 Å². The number of carbonyl (C=O) groups excluding carboxylic acids is 1. The summed E-state index contributed by atoms with van der Waals surface area (Å²) in [6.07, 6.45) is 4.83. The van der Waals surface area contributed by atoms with Gasteiger partial charge < -0.3 is 4.90 Å². The van der Waals surface area contributed by atoms with E-state index in [1.54, 1.807) is 6.20 Å². The van der Waals surface area contributed by atoms with E-state index in [0.29, 0.717) is 5.69 Å². The first kappa shape index (κ1) is 17.9. The topological polar surface area (TPSA) is 33.2 Å². The Labute approximate surface area is 161 Å². The Morgan fingerprint density at radius 2 is 1.56 bits per heavy atom. The molecule has 1 fully saturated rings. The molecule has 0 spiro atoms. The van der Waals surface area contributed by atoms with Crippen molar-refractivity contribution in [2.75, 3.05) is 12.7 Å². The summed E-state index contributed by atoms with van der Waals surface area (Å²) in [5.74, 6) is 0.0640. The molecule has 1 aliphatic heterocycles. The lowest BCUT2D eigenvalue weighted by atomic mass is 10.2. The Bertz CT molecular complexity index is 831. The van der Waals surface area contributed by atoms with E-state index in [9.17, 15) is 4.79 Å². The number of rotatable bonds is 5. The lowest BCUT2D eigenvalue weighted by molar-refractivity contribution is 0.0743. The molecular weight excluding hydrogens is 351 g/mol. The SMILES string of the molecule is O=C(c1ccccn1)N1CCC[C@H]1CP(c1ccccc1)c1ccccc1. The number of aromatic nitrogens is 1. The summed E-state index contributed by atoms with van der Waals surface area (Å²) in [6.45, 7) is 0.826. The van der Waals surface area contributed by atoms with Crippen LogP contribution in [-0.2, 0) is 0 Å². The molecule has 1 aromatic heterocycles. The van der Waals surface area contributed by atoms with Gasteiger partial charge in [0.25, 0.3) is 5.91 Å². The number of amides is 1. The van der Waals surface area contributed by atoms with Crippen molar-refractivity contribution in [2.45, 2.75) is 18.9 Å². The average Bonchev–Trinajstić information content (AvgIpc) is 3.21. The third-order valence-corrected chi connectivity index (χ3v) is 7.68. The molecule has 27 heavy (non-hydrogen) atoms. The van der Waals surface area contributed by atoms with Crippen LogP contribution in [0.15, 0.2) is 85.1 Å². The van der Waals surface area contributed by atoms with Crippen molar-refractivity contribution in [3.8, 4) is 0 Å². The Morgan fingerprint density at radius 3 is 2.15 bits per heavy atom. The minimum absolute atomic E-state index is 0.0640. The number of hydrogen-bond donors (Lipinski definition) is 0. The molecule has 4 heteroatoms. The van der Waals surface area contributed by atoms with E-state index in [-0.39, 0.29) is 11.9 Å². The second-order valence-electron chi connectivity index (χ2n) is 6.79. The molecule has 1 aliphatic rings. The van der Waals surface area contributed by atoms with E-state index < -0.39 is 7.92 Å². The lowest BCUT2D eigenvalue weighted by Gasteiger charge is -2.29. The molecule has 1 saturated heterocycles. The Hall–Kier alpha value is -2.51. The van der Waals surface area contributed by atoms with Gasteiger partial charge in [-0.25, -0.2) is 0 Å². The van der Waals surface area contributed by atoms with Crippen LogP contribution in [-0.4, -0.2) is 34.5 Å². The highest BCUT2D eigenvalue weighted by molar-refractivity contribution is 7.73. The summed E-state index contributed by atoms with van der Waals surface area (Å²) in [5.41, 5.74) is 0.549. The predicted octanol–water partition coefficient (Wildman–Crippen LogP) is 3.82. The first-order chi connectivity index (χ1) is 13.3. The molecule has 3 aromatic rings. The quantitative estimate of drug-likeness (QED) is 0.636. The van der Waals surface area contributed by atoms with Crippen LogP contribution in [0.1, 0.15) is 23.3 Å². The number of carbonyl (C=O) groups is 1. The highest BCUT2D eigenvalue weighted by atomic mass is 31.1. The van der Waals surface area contributed by atoms with Crippen molar-refractivity contribution >= 4 is 24.4 Å². The zero-order chi connectivity index (χ0) is 18.5. The van der Waals surface area contributed by atoms with Gasteiger partial charge in [-0.2, -0.15) is 0 Å². The van der Waals surface area contributed by atoms with E-state index >= 15 is 0 Å². The number of pyridine rings is 1. The fourth-order valence-electron chi connectivity index (χ4n) is 3.72. The van der Waals surface area contributed by atoms with Gasteiger partial charge in [0, 0.05) is 18.8 Å². The van der Waals surface area contributed by atoms with Crippen LogP contribution in [0.5, 0.6) is 0 Å². The van der Waals surface area contributed by atoms with Crippen LogP contribution in [0.4, 0.5) is 0 Å². The molecule has 136 valence electrons. The summed E-state index contributed by atoms with van der Waals surface area (Å²) < 4.78 is 0. The number of benzene rings is 2. The van der Waals surface area contributed by atoms with E-state index in [2.05, 4.69) is 65.6 Å². The summed E-state index contributed by atoms with van der Waals surface area (Å²) in [5, 5.41) is 2.74. The van der Waals surface area contributed by atoms with Gasteiger partial charge in [0.2, 0.25) is 0 Å². The second kappa shape index (κ2) is 8.45. The lowest BCUT2D eigenvalue weighted by Crippen LogP contribution is -2.39. The molecule has 1 amide bonds. The van der Waals surface area contributed by atoms with Gasteiger partial charge in [-0.15, -0.1) is 0 Å². The largest absolute Gasteiger partial charge is 0.334 e. The van der Waals surface area contributed by atoms with Gasteiger partial charge in [0.05, 0.1) is 0 Å². The Morgan fingerprint density at radius 1 is 0.926 bits per heavy atom. The highest BCUT2D eigenvalue weighted by Crippen LogP contribution is 2.38. The summed E-state index contributed by atoms with van der Waals surface area (Å²) in [7, 11) is -0.496. The van der Waals surface area contributed by atoms with Gasteiger partial charge in [0.15, 0.2) is 0 Å². The minimum atomic E-state index is -0.496. The Kier molecular flexibility index (Phi) is 5.60. The van der Waals surface area contributed by atoms with Gasteiger partial charge in [-0.3, -0.25) is 9.78 Å². The molecule has 0 bridgehead atoms. The highest BCUT2D eigenvalue weighted by Gasteiger charge is 2.32. The molecule has 0 radical (unpaired) electrons. The maximum atomic E-state index is 13.0. The zero-order valence-corrected chi connectivity index (χ0v) is 16.1. The van der Waals surface area contributed by atoms with Gasteiger partial charge in [-0.1, -0.05) is 66.7 Å². The smallest absolute Gasteiger partial charge is 0.272 e. The monoisotopic (exact) mass is 374 g/mol. The molecule has 1 atom stereocenters. The number of likely N-dealkylation sites (tertiary alicyclic amines) is 1. The standard InChI is InChI=1S/C23H23N2OP/c26-23(22-15-7-8-16-24-22)25-17-9-10-19(25)18-27(20-11-3-1-4-12-20)21-13-5-2-6-14-21/h1-8,11-16,19H,9-10,17-18H2/t19-/m0/s1. The maximum absolute atomic E-state index is 13.0. The second-order valence-corrected chi connectivity index (χ2v) is 9.05.